The van der Waals surface area contributed by atoms with Crippen molar-refractivity contribution in [2.75, 3.05) is 11.9 Å². The van der Waals surface area contributed by atoms with Crippen molar-refractivity contribution in [2.24, 2.45) is 0 Å². The molecular formula is C13H19ClN2O. The molecule has 1 aromatic carbocycles. The maximum Gasteiger partial charge on any atom is 0.242 e. The molecule has 1 atom stereocenters. The lowest BCUT2D eigenvalue weighted by atomic mass is 10.2. The summed E-state index contributed by atoms with van der Waals surface area (Å²) in [5.74, 6) is 0.0217. The van der Waals surface area contributed by atoms with Crippen LogP contribution in [-0.2, 0) is 4.79 Å². The molecule has 0 bridgehead atoms. The van der Waals surface area contributed by atoms with Crippen LogP contribution in [0.15, 0.2) is 24.3 Å². The Bertz CT molecular complexity index is 351. The Hall–Kier alpha value is -1.22. The third kappa shape index (κ3) is 5.09. The molecule has 1 amide bonds. The van der Waals surface area contributed by atoms with E-state index in [4.69, 9.17) is 11.6 Å². The van der Waals surface area contributed by atoms with Gasteiger partial charge in [-0.15, -0.1) is 0 Å². The van der Waals surface area contributed by atoms with Gasteiger partial charge in [0.05, 0.1) is 0 Å². The van der Waals surface area contributed by atoms with E-state index in [1.807, 2.05) is 19.1 Å². The number of halogens is 1. The van der Waals surface area contributed by atoms with Crippen LogP contribution < -0.4 is 10.6 Å². The summed E-state index contributed by atoms with van der Waals surface area (Å²) in [6.07, 6.45) is 2.10. The van der Waals surface area contributed by atoms with Crippen molar-refractivity contribution in [1.82, 2.24) is 5.32 Å². The van der Waals surface area contributed by atoms with Crippen molar-refractivity contribution in [3.05, 3.63) is 29.3 Å². The average Bonchev–Trinajstić information content (AvgIpc) is 2.32. The lowest BCUT2D eigenvalue weighted by molar-refractivity contribution is -0.121. The number of hydrogen-bond donors (Lipinski definition) is 2. The monoisotopic (exact) mass is 254 g/mol. The third-order valence-corrected chi connectivity index (χ3v) is 2.70. The number of rotatable bonds is 6. The standard InChI is InChI=1S/C13H19ClN2O/c1-3-4-9-15-13(17)10(2)16-12-7-5-11(14)6-8-12/h5-8,10,16H,3-4,9H2,1-2H3,(H,15,17). The average molecular weight is 255 g/mol. The van der Waals surface area contributed by atoms with Crippen LogP contribution in [0, 0.1) is 0 Å². The van der Waals surface area contributed by atoms with Gasteiger partial charge < -0.3 is 10.6 Å². The minimum atomic E-state index is -0.243. The first-order chi connectivity index (χ1) is 8.13. The molecule has 94 valence electrons. The number of carbonyl (C=O) groups is 1. The highest BCUT2D eigenvalue weighted by Crippen LogP contribution is 2.14. The van der Waals surface area contributed by atoms with E-state index in [1.54, 1.807) is 12.1 Å². The molecule has 0 aromatic heterocycles. The van der Waals surface area contributed by atoms with Crippen molar-refractivity contribution in [3.8, 4) is 0 Å². The molecule has 1 unspecified atom stereocenters. The second-order valence-corrected chi connectivity index (χ2v) is 4.45. The normalized spacial score (nSPS) is 11.9. The number of unbranched alkanes of at least 4 members (excludes halogenated alkanes) is 1. The van der Waals surface area contributed by atoms with Crippen LogP contribution in [-0.4, -0.2) is 18.5 Å². The van der Waals surface area contributed by atoms with Crippen LogP contribution in [0.2, 0.25) is 5.02 Å². The number of hydrogen-bond acceptors (Lipinski definition) is 2. The van der Waals surface area contributed by atoms with Gasteiger partial charge in [-0.1, -0.05) is 24.9 Å². The highest BCUT2D eigenvalue weighted by atomic mass is 35.5. The Morgan fingerprint density at radius 1 is 1.35 bits per heavy atom. The lowest BCUT2D eigenvalue weighted by Gasteiger charge is -2.15. The van der Waals surface area contributed by atoms with Crippen molar-refractivity contribution < 1.29 is 4.79 Å². The molecule has 0 radical (unpaired) electrons. The predicted molar refractivity (Wildman–Crippen MR) is 72.5 cm³/mol. The van der Waals surface area contributed by atoms with E-state index in [0.717, 1.165) is 25.1 Å². The summed E-state index contributed by atoms with van der Waals surface area (Å²) in [6.45, 7) is 4.68. The summed E-state index contributed by atoms with van der Waals surface area (Å²) >= 11 is 5.79. The minimum absolute atomic E-state index is 0.0217. The molecule has 1 aromatic rings. The number of amides is 1. The fourth-order valence-electron chi connectivity index (χ4n) is 1.40. The largest absolute Gasteiger partial charge is 0.374 e. The molecule has 0 aliphatic heterocycles. The molecule has 4 heteroatoms. The molecule has 0 saturated carbocycles. The molecule has 0 saturated heterocycles. The van der Waals surface area contributed by atoms with E-state index in [0.29, 0.717) is 5.02 Å². The number of benzene rings is 1. The molecule has 17 heavy (non-hydrogen) atoms. The predicted octanol–water partition coefficient (Wildman–Crippen LogP) is 3.06. The van der Waals surface area contributed by atoms with Gasteiger partial charge in [0.1, 0.15) is 6.04 Å². The molecule has 0 aliphatic carbocycles. The van der Waals surface area contributed by atoms with Gasteiger partial charge in [0, 0.05) is 17.3 Å². The molecule has 0 aliphatic rings. The quantitative estimate of drug-likeness (QED) is 0.766. The Balaban J connectivity index is 2.40. The van der Waals surface area contributed by atoms with E-state index in [1.165, 1.54) is 0 Å². The molecule has 3 nitrogen and oxygen atoms in total. The van der Waals surface area contributed by atoms with Crippen LogP contribution in [0.25, 0.3) is 0 Å². The molecule has 0 heterocycles. The highest BCUT2D eigenvalue weighted by Gasteiger charge is 2.11. The first-order valence-electron chi connectivity index (χ1n) is 5.93. The molecule has 2 N–H and O–H groups in total. The van der Waals surface area contributed by atoms with Gasteiger partial charge >= 0.3 is 0 Å². The molecule has 1 rings (SSSR count). The maximum atomic E-state index is 11.7. The van der Waals surface area contributed by atoms with Crippen LogP contribution in [0.3, 0.4) is 0 Å². The van der Waals surface area contributed by atoms with Crippen LogP contribution in [0.4, 0.5) is 5.69 Å². The second-order valence-electron chi connectivity index (χ2n) is 4.02. The minimum Gasteiger partial charge on any atom is -0.374 e. The van der Waals surface area contributed by atoms with Crippen molar-refractivity contribution in [1.29, 1.82) is 0 Å². The van der Waals surface area contributed by atoms with Gasteiger partial charge in [-0.3, -0.25) is 4.79 Å². The second kappa shape index (κ2) is 7.17. The van der Waals surface area contributed by atoms with E-state index < -0.39 is 0 Å². The summed E-state index contributed by atoms with van der Waals surface area (Å²) in [6, 6.07) is 7.07. The number of anilines is 1. The van der Waals surface area contributed by atoms with E-state index in [-0.39, 0.29) is 11.9 Å². The summed E-state index contributed by atoms with van der Waals surface area (Å²) in [5.41, 5.74) is 0.896. The molecule has 0 fully saturated rings. The van der Waals surface area contributed by atoms with Crippen LogP contribution in [0.5, 0.6) is 0 Å². The van der Waals surface area contributed by atoms with Crippen LogP contribution in [0.1, 0.15) is 26.7 Å². The van der Waals surface area contributed by atoms with Gasteiger partial charge in [-0.25, -0.2) is 0 Å². The van der Waals surface area contributed by atoms with Crippen molar-refractivity contribution in [2.45, 2.75) is 32.7 Å². The zero-order valence-electron chi connectivity index (χ0n) is 10.3. The van der Waals surface area contributed by atoms with Crippen LogP contribution >= 0.6 is 11.6 Å². The summed E-state index contributed by atoms with van der Waals surface area (Å²) < 4.78 is 0. The van der Waals surface area contributed by atoms with Crippen molar-refractivity contribution in [3.63, 3.8) is 0 Å². The first kappa shape index (κ1) is 13.8. The smallest absolute Gasteiger partial charge is 0.242 e. The Labute approximate surface area is 108 Å². The van der Waals surface area contributed by atoms with Gasteiger partial charge in [-0.2, -0.15) is 0 Å². The zero-order chi connectivity index (χ0) is 12.7. The van der Waals surface area contributed by atoms with E-state index in [9.17, 15) is 4.79 Å². The topological polar surface area (TPSA) is 41.1 Å². The number of nitrogens with one attached hydrogen (secondary N) is 2. The molecule has 0 spiro atoms. The lowest BCUT2D eigenvalue weighted by Crippen LogP contribution is -2.37. The Morgan fingerprint density at radius 3 is 2.59 bits per heavy atom. The summed E-state index contributed by atoms with van der Waals surface area (Å²) in [7, 11) is 0. The van der Waals surface area contributed by atoms with Gasteiger partial charge in [0.15, 0.2) is 0 Å². The number of carbonyl (C=O) groups excluding carboxylic acids is 1. The Kier molecular flexibility index (Phi) is 5.84. The molecular weight excluding hydrogens is 236 g/mol. The fourth-order valence-corrected chi connectivity index (χ4v) is 1.53. The van der Waals surface area contributed by atoms with Gasteiger partial charge in [0.2, 0.25) is 5.91 Å². The Morgan fingerprint density at radius 2 is 2.00 bits per heavy atom. The van der Waals surface area contributed by atoms with E-state index in [2.05, 4.69) is 17.6 Å². The SMILES string of the molecule is CCCCNC(=O)C(C)Nc1ccc(Cl)cc1. The summed E-state index contributed by atoms with van der Waals surface area (Å²) in [4.78, 5) is 11.7. The van der Waals surface area contributed by atoms with Crippen molar-refractivity contribution >= 4 is 23.2 Å². The third-order valence-electron chi connectivity index (χ3n) is 2.45. The first-order valence-corrected chi connectivity index (χ1v) is 6.31. The zero-order valence-corrected chi connectivity index (χ0v) is 11.1. The fraction of sp³-hybridized carbons (Fsp3) is 0.462. The maximum absolute atomic E-state index is 11.7. The van der Waals surface area contributed by atoms with Gasteiger partial charge in [0.25, 0.3) is 0 Å². The summed E-state index contributed by atoms with van der Waals surface area (Å²) in [5, 5.41) is 6.70. The highest BCUT2D eigenvalue weighted by molar-refractivity contribution is 6.30. The van der Waals surface area contributed by atoms with Gasteiger partial charge in [-0.05, 0) is 37.6 Å². The van der Waals surface area contributed by atoms with E-state index >= 15 is 0 Å².